The fraction of sp³-hybridized carbons (Fsp3) is 0.300. The highest BCUT2D eigenvalue weighted by atomic mass is 19.1. The molecule has 0 bridgehead atoms. The van der Waals surface area contributed by atoms with Crippen molar-refractivity contribution in [2.75, 3.05) is 14.2 Å². The van der Waals surface area contributed by atoms with E-state index >= 15 is 0 Å². The van der Waals surface area contributed by atoms with E-state index in [0.29, 0.717) is 5.56 Å². The summed E-state index contributed by atoms with van der Waals surface area (Å²) in [5, 5.41) is 2.50. The molecule has 0 spiro atoms. The Bertz CT molecular complexity index is 783. The van der Waals surface area contributed by atoms with Crippen molar-refractivity contribution in [1.82, 2.24) is 10.2 Å². The normalized spacial score (nSPS) is 11.4. The highest BCUT2D eigenvalue weighted by Crippen LogP contribution is 2.18. The molecule has 0 saturated carbocycles. The van der Waals surface area contributed by atoms with E-state index in [9.17, 15) is 14.0 Å². The Kier molecular flexibility index (Phi) is 7.16. The van der Waals surface area contributed by atoms with Crippen LogP contribution in [0.2, 0.25) is 0 Å². The van der Waals surface area contributed by atoms with E-state index in [1.807, 2.05) is 30.3 Å². The molecule has 0 aliphatic carbocycles. The summed E-state index contributed by atoms with van der Waals surface area (Å²) >= 11 is 0. The number of carbonyl (C=O) groups is 2. The van der Waals surface area contributed by atoms with E-state index in [1.54, 1.807) is 20.0 Å². The maximum Gasteiger partial charge on any atom is 0.408 e. The molecule has 0 saturated heterocycles. The Morgan fingerprint density at radius 2 is 1.85 bits per heavy atom. The number of hydrogen-bond acceptors (Lipinski definition) is 4. The number of nitrogens with zero attached hydrogens (tertiary/aromatic N) is 1. The van der Waals surface area contributed by atoms with Crippen LogP contribution < -0.4 is 10.1 Å². The van der Waals surface area contributed by atoms with Crippen LogP contribution in [0.1, 0.15) is 18.1 Å². The van der Waals surface area contributed by atoms with Gasteiger partial charge in [-0.15, -0.1) is 0 Å². The molecule has 0 radical (unpaired) electrons. The topological polar surface area (TPSA) is 67.9 Å². The van der Waals surface area contributed by atoms with Gasteiger partial charge in [0.05, 0.1) is 7.11 Å². The fourth-order valence-corrected chi connectivity index (χ4v) is 2.49. The lowest BCUT2D eigenvalue weighted by atomic mass is 10.2. The second kappa shape index (κ2) is 9.56. The van der Waals surface area contributed by atoms with Crippen molar-refractivity contribution in [1.29, 1.82) is 0 Å². The second-order valence-electron chi connectivity index (χ2n) is 6.09. The van der Waals surface area contributed by atoms with Crippen LogP contribution in [0.25, 0.3) is 0 Å². The minimum Gasteiger partial charge on any atom is -0.494 e. The molecule has 0 unspecified atom stereocenters. The highest BCUT2D eigenvalue weighted by Gasteiger charge is 2.20. The van der Waals surface area contributed by atoms with Crippen molar-refractivity contribution in [2.45, 2.75) is 26.1 Å². The smallest absolute Gasteiger partial charge is 0.408 e. The van der Waals surface area contributed by atoms with Crippen LogP contribution in [-0.2, 0) is 22.7 Å². The summed E-state index contributed by atoms with van der Waals surface area (Å²) in [6.07, 6.45) is -0.677. The summed E-state index contributed by atoms with van der Waals surface area (Å²) < 4.78 is 23.7. The average molecular weight is 374 g/mol. The lowest BCUT2D eigenvalue weighted by Gasteiger charge is -2.22. The van der Waals surface area contributed by atoms with Crippen LogP contribution in [0.15, 0.2) is 48.5 Å². The number of nitrogens with one attached hydrogen (secondary N) is 1. The van der Waals surface area contributed by atoms with Gasteiger partial charge in [0.15, 0.2) is 11.6 Å². The first-order chi connectivity index (χ1) is 12.9. The average Bonchev–Trinajstić information content (AvgIpc) is 2.66. The molecule has 0 aliphatic heterocycles. The number of hydrogen-bond donors (Lipinski definition) is 1. The van der Waals surface area contributed by atoms with Gasteiger partial charge in [0.2, 0.25) is 5.91 Å². The van der Waals surface area contributed by atoms with Crippen molar-refractivity contribution < 1.29 is 23.5 Å². The molecule has 0 aliphatic rings. The third kappa shape index (κ3) is 5.99. The largest absolute Gasteiger partial charge is 0.494 e. The van der Waals surface area contributed by atoms with Gasteiger partial charge >= 0.3 is 6.09 Å². The van der Waals surface area contributed by atoms with E-state index in [-0.39, 0.29) is 24.8 Å². The van der Waals surface area contributed by atoms with Gasteiger partial charge in [-0.2, -0.15) is 0 Å². The number of methoxy groups -OCH3 is 1. The van der Waals surface area contributed by atoms with Gasteiger partial charge in [-0.3, -0.25) is 4.79 Å². The number of halogens is 1. The van der Waals surface area contributed by atoms with Crippen molar-refractivity contribution >= 4 is 12.0 Å². The first-order valence-electron chi connectivity index (χ1n) is 8.45. The molecule has 0 heterocycles. The second-order valence-corrected chi connectivity index (χ2v) is 6.09. The third-order valence-electron chi connectivity index (χ3n) is 3.93. The molecule has 2 rings (SSSR count). The van der Waals surface area contributed by atoms with E-state index in [4.69, 9.17) is 9.47 Å². The maximum absolute atomic E-state index is 13.8. The number of carbonyl (C=O) groups excluding carboxylic acids is 2. The summed E-state index contributed by atoms with van der Waals surface area (Å²) in [5.74, 6) is -0.668. The molecule has 144 valence electrons. The molecule has 2 aromatic rings. The predicted octanol–water partition coefficient (Wildman–Crippen LogP) is 3.11. The lowest BCUT2D eigenvalue weighted by Crippen LogP contribution is -2.45. The summed E-state index contributed by atoms with van der Waals surface area (Å²) in [4.78, 5) is 25.7. The molecule has 2 amide bonds. The Hall–Kier alpha value is -3.09. The molecule has 0 aromatic heterocycles. The first kappa shape index (κ1) is 20.2. The Balaban J connectivity index is 1.84. The summed E-state index contributed by atoms with van der Waals surface area (Å²) in [6, 6.07) is 13.0. The van der Waals surface area contributed by atoms with Crippen molar-refractivity contribution in [3.8, 4) is 5.75 Å². The molecular formula is C20H23FN2O4. The summed E-state index contributed by atoms with van der Waals surface area (Å²) in [7, 11) is 2.97. The van der Waals surface area contributed by atoms with Gasteiger partial charge < -0.3 is 19.7 Å². The third-order valence-corrected chi connectivity index (χ3v) is 3.93. The number of alkyl carbamates (subject to hydrolysis) is 1. The zero-order valence-corrected chi connectivity index (χ0v) is 15.6. The Morgan fingerprint density at radius 1 is 1.15 bits per heavy atom. The highest BCUT2D eigenvalue weighted by molar-refractivity contribution is 5.85. The van der Waals surface area contributed by atoms with Crippen LogP contribution in [0, 0.1) is 5.82 Å². The fourth-order valence-electron chi connectivity index (χ4n) is 2.49. The molecule has 27 heavy (non-hydrogen) atoms. The molecule has 1 N–H and O–H groups in total. The molecule has 6 nitrogen and oxygen atoms in total. The molecule has 0 fully saturated rings. The van der Waals surface area contributed by atoms with Gasteiger partial charge in [0, 0.05) is 13.6 Å². The number of rotatable bonds is 7. The maximum atomic E-state index is 13.8. The molecule has 2 aromatic carbocycles. The van der Waals surface area contributed by atoms with E-state index in [2.05, 4.69) is 5.32 Å². The summed E-state index contributed by atoms with van der Waals surface area (Å²) in [6.45, 7) is 1.89. The number of ether oxygens (including phenoxy) is 2. The standard InChI is InChI=1S/C20H23FN2O4/c1-14(22-20(25)27-13-15-7-5-4-6-8-15)19(24)23(2)12-16-9-10-18(26-3)17(21)11-16/h4-11,14H,12-13H2,1-3H3,(H,22,25)/t14-/m0/s1. The van der Waals surface area contributed by atoms with Crippen molar-refractivity contribution in [3.63, 3.8) is 0 Å². The Morgan fingerprint density at radius 3 is 2.48 bits per heavy atom. The first-order valence-corrected chi connectivity index (χ1v) is 8.45. The van der Waals surface area contributed by atoms with E-state index in [1.165, 1.54) is 24.1 Å². The van der Waals surface area contributed by atoms with Gasteiger partial charge in [-0.25, -0.2) is 9.18 Å². The van der Waals surface area contributed by atoms with Crippen LogP contribution in [0.5, 0.6) is 5.75 Å². The van der Waals surface area contributed by atoms with Crippen molar-refractivity contribution in [3.05, 3.63) is 65.5 Å². The van der Waals surface area contributed by atoms with Gasteiger partial charge in [0.25, 0.3) is 0 Å². The molecule has 7 heteroatoms. The van der Waals surface area contributed by atoms with E-state index < -0.39 is 18.0 Å². The van der Waals surface area contributed by atoms with E-state index in [0.717, 1.165) is 5.56 Å². The van der Waals surface area contributed by atoms with Crippen LogP contribution in [0.3, 0.4) is 0 Å². The number of benzene rings is 2. The number of amides is 2. The minimum absolute atomic E-state index is 0.120. The monoisotopic (exact) mass is 374 g/mol. The van der Waals surface area contributed by atoms with Crippen LogP contribution in [-0.4, -0.2) is 37.1 Å². The number of likely N-dealkylation sites (N-methyl/N-ethyl adjacent to an activating group) is 1. The minimum atomic E-state index is -0.777. The summed E-state index contributed by atoms with van der Waals surface area (Å²) in [5.41, 5.74) is 1.47. The quantitative estimate of drug-likeness (QED) is 0.809. The van der Waals surface area contributed by atoms with Gasteiger partial charge in [-0.05, 0) is 30.2 Å². The zero-order chi connectivity index (χ0) is 19.8. The molecule has 1 atom stereocenters. The zero-order valence-electron chi connectivity index (χ0n) is 15.6. The van der Waals surface area contributed by atoms with Crippen LogP contribution >= 0.6 is 0 Å². The molecular weight excluding hydrogens is 351 g/mol. The van der Waals surface area contributed by atoms with Crippen LogP contribution in [0.4, 0.5) is 9.18 Å². The van der Waals surface area contributed by atoms with Gasteiger partial charge in [-0.1, -0.05) is 36.4 Å². The predicted molar refractivity (Wildman–Crippen MR) is 98.7 cm³/mol. The SMILES string of the molecule is COc1ccc(CN(C)C(=O)[C@H](C)NC(=O)OCc2ccccc2)cc1F. The Labute approximate surface area is 157 Å². The van der Waals surface area contributed by atoms with Crippen molar-refractivity contribution in [2.24, 2.45) is 0 Å². The lowest BCUT2D eigenvalue weighted by molar-refractivity contribution is -0.132. The van der Waals surface area contributed by atoms with Gasteiger partial charge in [0.1, 0.15) is 12.6 Å².